The molecular weight excluding hydrogens is 386 g/mol. The number of hydrogen-bond donors (Lipinski definition) is 0. The molecule has 4 aromatic rings. The minimum Gasteiger partial charge on any atom is -0.462 e. The molecule has 0 fully saturated rings. The summed E-state index contributed by atoms with van der Waals surface area (Å²) in [6.07, 6.45) is 1.47. The number of hydrogen-bond acceptors (Lipinski definition) is 9. The third kappa shape index (κ3) is 2.52. The Balaban J connectivity index is 1.97. The van der Waals surface area contributed by atoms with E-state index in [1.807, 2.05) is 0 Å². The maximum Gasteiger partial charge on any atom is 0.348 e. The van der Waals surface area contributed by atoms with Gasteiger partial charge in [0.25, 0.3) is 0 Å². The van der Waals surface area contributed by atoms with Crippen molar-refractivity contribution >= 4 is 38.9 Å². The smallest absolute Gasteiger partial charge is 0.348 e. The molecule has 0 aromatic carbocycles. The molecule has 144 valence electrons. The van der Waals surface area contributed by atoms with Crippen LogP contribution in [0, 0.1) is 24.0 Å². The fraction of sp³-hybridized carbons (Fsp3) is 0.312. The molecule has 0 unspecified atom stereocenters. The van der Waals surface area contributed by atoms with Crippen molar-refractivity contribution in [3.05, 3.63) is 32.6 Å². The van der Waals surface area contributed by atoms with E-state index in [0.717, 1.165) is 0 Å². The first kappa shape index (κ1) is 18.0. The summed E-state index contributed by atoms with van der Waals surface area (Å²) in [5, 5.41) is 20.6. The van der Waals surface area contributed by atoms with Gasteiger partial charge in [-0.3, -0.25) is 14.8 Å². The first-order valence-electron chi connectivity index (χ1n) is 8.33. The molecule has 0 aliphatic heterocycles. The second kappa shape index (κ2) is 6.34. The number of aryl methyl sites for hydroxylation is 3. The van der Waals surface area contributed by atoms with Crippen molar-refractivity contribution < 1.29 is 14.5 Å². The lowest BCUT2D eigenvalue weighted by Gasteiger charge is -1.99. The molecule has 4 heterocycles. The number of rotatable bonds is 4. The number of nitrogens with zero attached hydrogens (tertiary/aromatic N) is 7. The molecule has 4 aromatic heterocycles. The van der Waals surface area contributed by atoms with Crippen LogP contribution >= 0.6 is 11.3 Å². The van der Waals surface area contributed by atoms with E-state index in [4.69, 9.17) is 4.74 Å². The van der Waals surface area contributed by atoms with Gasteiger partial charge >= 0.3 is 11.7 Å². The van der Waals surface area contributed by atoms with E-state index in [0.29, 0.717) is 26.3 Å². The van der Waals surface area contributed by atoms with Crippen LogP contribution in [0.5, 0.6) is 0 Å². The third-order valence-corrected chi connectivity index (χ3v) is 5.49. The maximum absolute atomic E-state index is 12.2. The van der Waals surface area contributed by atoms with E-state index in [1.54, 1.807) is 27.8 Å². The minimum atomic E-state index is -0.494. The predicted octanol–water partition coefficient (Wildman–Crippen LogP) is 2.44. The summed E-state index contributed by atoms with van der Waals surface area (Å²) >= 11 is 1.21. The monoisotopic (exact) mass is 401 g/mol. The van der Waals surface area contributed by atoms with Gasteiger partial charge in [0.1, 0.15) is 21.7 Å². The number of aromatic nitrogens is 6. The zero-order chi connectivity index (χ0) is 20.2. The lowest BCUT2D eigenvalue weighted by atomic mass is 10.2. The molecule has 0 aliphatic carbocycles. The van der Waals surface area contributed by atoms with Crippen LogP contribution in [0.1, 0.15) is 27.9 Å². The highest BCUT2D eigenvalue weighted by molar-refractivity contribution is 7.20. The van der Waals surface area contributed by atoms with Gasteiger partial charge in [-0.25, -0.2) is 19.3 Å². The number of carbonyl (C=O) groups is 1. The van der Waals surface area contributed by atoms with E-state index < -0.39 is 10.9 Å². The SMILES string of the molecule is CCOC(=O)c1sc2ncn3nc(-c4c([N+](=O)[O-])c(C)nn4C)nc3c2c1C. The standard InChI is InChI=1S/C16H15N7O4S/c1-5-27-16(24)12-7(2)9-14-18-13(20-22(14)6-17-15(9)28-12)11-10(23(25)26)8(3)19-21(11)4/h6H,5H2,1-4H3. The van der Waals surface area contributed by atoms with Crippen molar-refractivity contribution in [3.8, 4) is 11.5 Å². The second-order valence-electron chi connectivity index (χ2n) is 6.07. The van der Waals surface area contributed by atoms with Crippen molar-refractivity contribution in [2.75, 3.05) is 6.61 Å². The van der Waals surface area contributed by atoms with E-state index in [1.165, 1.54) is 26.9 Å². The van der Waals surface area contributed by atoms with E-state index in [9.17, 15) is 14.9 Å². The zero-order valence-corrected chi connectivity index (χ0v) is 16.3. The summed E-state index contributed by atoms with van der Waals surface area (Å²) < 4.78 is 7.93. The van der Waals surface area contributed by atoms with Crippen molar-refractivity contribution in [1.82, 2.24) is 29.4 Å². The van der Waals surface area contributed by atoms with Gasteiger partial charge < -0.3 is 4.74 Å². The molecule has 0 N–H and O–H groups in total. The van der Waals surface area contributed by atoms with Crippen LogP contribution in [0.2, 0.25) is 0 Å². The Kier molecular flexibility index (Phi) is 4.07. The maximum atomic E-state index is 12.2. The van der Waals surface area contributed by atoms with Crippen LogP contribution in [0.4, 0.5) is 5.69 Å². The first-order chi connectivity index (χ1) is 13.3. The molecule has 4 rings (SSSR count). The Morgan fingerprint density at radius 2 is 2.11 bits per heavy atom. The van der Waals surface area contributed by atoms with Crippen LogP contribution < -0.4 is 0 Å². The number of nitro groups is 1. The largest absolute Gasteiger partial charge is 0.462 e. The predicted molar refractivity (Wildman–Crippen MR) is 100 cm³/mol. The number of ether oxygens (including phenoxy) is 1. The van der Waals surface area contributed by atoms with Gasteiger partial charge in [0.05, 0.1) is 16.9 Å². The zero-order valence-electron chi connectivity index (χ0n) is 15.5. The number of esters is 1. The number of fused-ring (bicyclic) bond motifs is 3. The highest BCUT2D eigenvalue weighted by Crippen LogP contribution is 2.34. The normalized spacial score (nSPS) is 11.4. The summed E-state index contributed by atoms with van der Waals surface area (Å²) in [6.45, 7) is 5.36. The van der Waals surface area contributed by atoms with Gasteiger partial charge in [0, 0.05) is 7.05 Å². The lowest BCUT2D eigenvalue weighted by molar-refractivity contribution is -0.384. The third-order valence-electron chi connectivity index (χ3n) is 4.31. The van der Waals surface area contributed by atoms with Gasteiger partial charge in [-0.1, -0.05) is 0 Å². The summed E-state index contributed by atoms with van der Waals surface area (Å²) in [4.78, 5) is 33.1. The van der Waals surface area contributed by atoms with Crippen LogP contribution in [-0.4, -0.2) is 46.9 Å². The fourth-order valence-corrected chi connectivity index (χ4v) is 4.18. The van der Waals surface area contributed by atoms with Crippen molar-refractivity contribution in [1.29, 1.82) is 0 Å². The Hall–Kier alpha value is -3.41. The van der Waals surface area contributed by atoms with E-state index in [-0.39, 0.29) is 29.5 Å². The fourth-order valence-electron chi connectivity index (χ4n) is 3.14. The van der Waals surface area contributed by atoms with E-state index in [2.05, 4.69) is 20.2 Å². The van der Waals surface area contributed by atoms with Gasteiger partial charge in [0.2, 0.25) is 5.82 Å². The topological polar surface area (TPSA) is 130 Å². The molecule has 11 nitrogen and oxygen atoms in total. The van der Waals surface area contributed by atoms with Gasteiger partial charge in [-0.05, 0) is 26.3 Å². The Labute approximate surface area is 161 Å². The molecule has 12 heteroatoms. The lowest BCUT2D eigenvalue weighted by Crippen LogP contribution is -2.03. The molecule has 0 bridgehead atoms. The first-order valence-corrected chi connectivity index (χ1v) is 9.15. The molecule has 0 amide bonds. The Morgan fingerprint density at radius 3 is 2.79 bits per heavy atom. The number of thiophene rings is 1. The summed E-state index contributed by atoms with van der Waals surface area (Å²) in [5.41, 5.74) is 1.49. The molecule has 0 spiro atoms. The molecular formula is C16H15N7O4S. The van der Waals surface area contributed by atoms with Crippen molar-refractivity contribution in [2.45, 2.75) is 20.8 Å². The van der Waals surface area contributed by atoms with Gasteiger partial charge in [0.15, 0.2) is 11.3 Å². The average molecular weight is 401 g/mol. The average Bonchev–Trinajstić information content (AvgIpc) is 3.27. The van der Waals surface area contributed by atoms with Crippen molar-refractivity contribution in [2.24, 2.45) is 7.05 Å². The summed E-state index contributed by atoms with van der Waals surface area (Å²) in [5.74, 6) is -0.258. The molecule has 0 radical (unpaired) electrons. The van der Waals surface area contributed by atoms with Gasteiger partial charge in [-0.2, -0.15) is 5.10 Å². The van der Waals surface area contributed by atoms with Crippen LogP contribution in [0.15, 0.2) is 6.33 Å². The van der Waals surface area contributed by atoms with Crippen LogP contribution in [0.3, 0.4) is 0 Å². The van der Waals surface area contributed by atoms with Crippen LogP contribution in [0.25, 0.3) is 27.4 Å². The quantitative estimate of drug-likeness (QED) is 0.289. The summed E-state index contributed by atoms with van der Waals surface area (Å²) in [7, 11) is 1.60. The minimum absolute atomic E-state index is 0.142. The molecule has 28 heavy (non-hydrogen) atoms. The summed E-state index contributed by atoms with van der Waals surface area (Å²) in [6, 6.07) is 0. The van der Waals surface area contributed by atoms with Crippen LogP contribution in [-0.2, 0) is 11.8 Å². The highest BCUT2D eigenvalue weighted by Gasteiger charge is 2.29. The molecule has 0 aliphatic rings. The Morgan fingerprint density at radius 1 is 1.36 bits per heavy atom. The molecule has 0 saturated heterocycles. The highest BCUT2D eigenvalue weighted by atomic mass is 32.1. The molecule has 0 atom stereocenters. The molecule has 0 saturated carbocycles. The van der Waals surface area contributed by atoms with Gasteiger partial charge in [-0.15, -0.1) is 16.4 Å². The number of carbonyl (C=O) groups excluding carboxylic acids is 1. The van der Waals surface area contributed by atoms with Crippen molar-refractivity contribution in [3.63, 3.8) is 0 Å². The second-order valence-corrected chi connectivity index (χ2v) is 7.07. The van der Waals surface area contributed by atoms with E-state index >= 15 is 0 Å². The Bertz CT molecular complexity index is 1270.